The molecular weight excluding hydrogens is 248 g/mol. The summed E-state index contributed by atoms with van der Waals surface area (Å²) in [5, 5.41) is 10.8. The van der Waals surface area contributed by atoms with Crippen molar-refractivity contribution in [2.75, 3.05) is 6.61 Å². The van der Waals surface area contributed by atoms with Gasteiger partial charge in [-0.3, -0.25) is 0 Å². The fourth-order valence-electron chi connectivity index (χ4n) is 2.58. The van der Waals surface area contributed by atoms with Crippen LogP contribution in [0.2, 0.25) is 5.02 Å². The highest BCUT2D eigenvalue weighted by molar-refractivity contribution is 6.31. The van der Waals surface area contributed by atoms with Crippen molar-refractivity contribution in [1.29, 1.82) is 0 Å². The number of hydrogen-bond donors (Lipinski definition) is 1. The van der Waals surface area contributed by atoms with E-state index in [1.807, 2.05) is 25.1 Å². The van der Waals surface area contributed by atoms with E-state index in [9.17, 15) is 5.11 Å². The Bertz CT molecular complexity index is 386. The fraction of sp³-hybridized carbons (Fsp3) is 0.600. The molecule has 0 saturated heterocycles. The molecule has 1 aliphatic carbocycles. The maximum atomic E-state index is 10.0. The summed E-state index contributed by atoms with van der Waals surface area (Å²) in [6.07, 6.45) is 5.37. The van der Waals surface area contributed by atoms with E-state index in [1.165, 1.54) is 25.7 Å². The Labute approximate surface area is 114 Å². The summed E-state index contributed by atoms with van der Waals surface area (Å²) < 4.78 is 5.65. The Balaban J connectivity index is 1.75. The molecule has 0 amide bonds. The summed E-state index contributed by atoms with van der Waals surface area (Å²) in [6, 6.07) is 5.65. The maximum Gasteiger partial charge on any atom is 0.119 e. The van der Waals surface area contributed by atoms with Gasteiger partial charge < -0.3 is 9.84 Å². The number of hydrogen-bond acceptors (Lipinski definition) is 2. The molecule has 1 aromatic carbocycles. The van der Waals surface area contributed by atoms with Crippen LogP contribution in [0, 0.1) is 12.8 Å². The molecule has 1 unspecified atom stereocenters. The first kappa shape index (κ1) is 13.7. The average molecular weight is 269 g/mol. The fourth-order valence-corrected chi connectivity index (χ4v) is 2.70. The number of halogens is 1. The quantitative estimate of drug-likeness (QED) is 0.876. The van der Waals surface area contributed by atoms with Gasteiger partial charge in [0.1, 0.15) is 5.75 Å². The predicted octanol–water partition coefficient (Wildman–Crippen LogP) is 3.97. The molecule has 2 nitrogen and oxygen atoms in total. The number of aryl methyl sites for hydroxylation is 1. The summed E-state index contributed by atoms with van der Waals surface area (Å²) in [5.74, 6) is 1.32. The number of benzene rings is 1. The molecule has 0 spiro atoms. The second kappa shape index (κ2) is 6.44. The Morgan fingerprint density at radius 1 is 1.39 bits per heavy atom. The summed E-state index contributed by atoms with van der Waals surface area (Å²) >= 11 is 5.96. The van der Waals surface area contributed by atoms with Crippen LogP contribution in [0.15, 0.2) is 18.2 Å². The van der Waals surface area contributed by atoms with Gasteiger partial charge in [0.2, 0.25) is 0 Å². The highest BCUT2D eigenvalue weighted by Gasteiger charge is 2.22. The third-order valence-corrected chi connectivity index (χ3v) is 4.18. The predicted molar refractivity (Wildman–Crippen MR) is 74.3 cm³/mol. The van der Waals surface area contributed by atoms with Gasteiger partial charge in [0, 0.05) is 11.4 Å². The van der Waals surface area contributed by atoms with Crippen molar-refractivity contribution < 1.29 is 9.84 Å². The third kappa shape index (κ3) is 3.63. The van der Waals surface area contributed by atoms with E-state index in [0.29, 0.717) is 18.9 Å². The summed E-state index contributed by atoms with van der Waals surface area (Å²) in [5.41, 5.74) is 1.02. The van der Waals surface area contributed by atoms with Crippen LogP contribution in [0.25, 0.3) is 0 Å². The summed E-state index contributed by atoms with van der Waals surface area (Å²) in [7, 11) is 0. The van der Waals surface area contributed by atoms with Gasteiger partial charge in [-0.15, -0.1) is 0 Å². The molecule has 0 aromatic heterocycles. The molecule has 1 saturated carbocycles. The minimum absolute atomic E-state index is 0.208. The molecule has 0 radical (unpaired) electrons. The molecule has 1 N–H and O–H groups in total. The van der Waals surface area contributed by atoms with E-state index in [1.54, 1.807) is 0 Å². The van der Waals surface area contributed by atoms with Crippen LogP contribution >= 0.6 is 11.6 Å². The van der Waals surface area contributed by atoms with Crippen LogP contribution in [0.3, 0.4) is 0 Å². The smallest absolute Gasteiger partial charge is 0.119 e. The number of rotatable bonds is 5. The average Bonchev–Trinajstić information content (AvgIpc) is 2.87. The van der Waals surface area contributed by atoms with Gasteiger partial charge in [0.05, 0.1) is 12.7 Å². The van der Waals surface area contributed by atoms with E-state index in [0.717, 1.165) is 16.3 Å². The molecule has 3 heteroatoms. The third-order valence-electron chi connectivity index (χ3n) is 3.76. The molecule has 18 heavy (non-hydrogen) atoms. The molecule has 0 heterocycles. The SMILES string of the molecule is Cc1cc(OCCC(O)C2CCCC2)ccc1Cl. The topological polar surface area (TPSA) is 29.5 Å². The maximum absolute atomic E-state index is 10.0. The van der Waals surface area contributed by atoms with Crippen LogP contribution in [-0.4, -0.2) is 17.8 Å². The largest absolute Gasteiger partial charge is 0.493 e. The van der Waals surface area contributed by atoms with Crippen molar-refractivity contribution in [3.63, 3.8) is 0 Å². The van der Waals surface area contributed by atoms with Gasteiger partial charge >= 0.3 is 0 Å². The van der Waals surface area contributed by atoms with Gasteiger partial charge in [-0.25, -0.2) is 0 Å². The van der Waals surface area contributed by atoms with E-state index in [2.05, 4.69) is 0 Å². The molecule has 0 aliphatic heterocycles. The summed E-state index contributed by atoms with van der Waals surface area (Å²) in [4.78, 5) is 0. The van der Waals surface area contributed by atoms with Gasteiger partial charge in [-0.2, -0.15) is 0 Å². The van der Waals surface area contributed by atoms with Crippen molar-refractivity contribution in [3.8, 4) is 5.75 Å². The van der Waals surface area contributed by atoms with Gasteiger partial charge in [0.25, 0.3) is 0 Å². The lowest BCUT2D eigenvalue weighted by Gasteiger charge is -2.17. The van der Waals surface area contributed by atoms with Crippen LogP contribution in [0.5, 0.6) is 5.75 Å². The van der Waals surface area contributed by atoms with Gasteiger partial charge in [-0.05, 0) is 49.4 Å². The molecule has 1 aromatic rings. The van der Waals surface area contributed by atoms with Crippen LogP contribution in [-0.2, 0) is 0 Å². The first-order valence-electron chi connectivity index (χ1n) is 6.74. The lowest BCUT2D eigenvalue weighted by atomic mass is 9.99. The molecule has 2 rings (SSSR count). The first-order chi connectivity index (χ1) is 8.66. The highest BCUT2D eigenvalue weighted by Crippen LogP contribution is 2.29. The van der Waals surface area contributed by atoms with Crippen molar-refractivity contribution >= 4 is 11.6 Å². The Morgan fingerprint density at radius 3 is 2.78 bits per heavy atom. The first-order valence-corrected chi connectivity index (χ1v) is 7.11. The van der Waals surface area contributed by atoms with Crippen LogP contribution in [0.4, 0.5) is 0 Å². The van der Waals surface area contributed by atoms with Crippen molar-refractivity contribution in [3.05, 3.63) is 28.8 Å². The molecular formula is C15H21ClO2. The lowest BCUT2D eigenvalue weighted by Crippen LogP contribution is -2.20. The highest BCUT2D eigenvalue weighted by atomic mass is 35.5. The molecule has 100 valence electrons. The zero-order valence-corrected chi connectivity index (χ0v) is 11.6. The molecule has 1 fully saturated rings. The standard InChI is InChI=1S/C15H21ClO2/c1-11-10-13(6-7-14(11)16)18-9-8-15(17)12-4-2-3-5-12/h6-7,10,12,15,17H,2-5,8-9H2,1H3. The molecule has 1 atom stereocenters. The van der Waals surface area contributed by atoms with E-state index >= 15 is 0 Å². The zero-order valence-electron chi connectivity index (χ0n) is 10.9. The second-order valence-corrected chi connectivity index (χ2v) is 5.57. The van der Waals surface area contributed by atoms with E-state index in [-0.39, 0.29) is 6.10 Å². The van der Waals surface area contributed by atoms with Crippen molar-refractivity contribution in [2.45, 2.75) is 45.1 Å². The van der Waals surface area contributed by atoms with Crippen molar-refractivity contribution in [1.82, 2.24) is 0 Å². The Hall–Kier alpha value is -0.730. The van der Waals surface area contributed by atoms with Crippen molar-refractivity contribution in [2.24, 2.45) is 5.92 Å². The van der Waals surface area contributed by atoms with E-state index in [4.69, 9.17) is 16.3 Å². The minimum Gasteiger partial charge on any atom is -0.493 e. The molecule has 0 bridgehead atoms. The number of aliphatic hydroxyl groups is 1. The lowest BCUT2D eigenvalue weighted by molar-refractivity contribution is 0.0853. The zero-order chi connectivity index (χ0) is 13.0. The van der Waals surface area contributed by atoms with E-state index < -0.39 is 0 Å². The number of aliphatic hydroxyl groups excluding tert-OH is 1. The normalized spacial score (nSPS) is 17.9. The summed E-state index contributed by atoms with van der Waals surface area (Å²) in [6.45, 7) is 2.53. The van der Waals surface area contributed by atoms with Gasteiger partial charge in [0.15, 0.2) is 0 Å². The van der Waals surface area contributed by atoms with Crippen LogP contribution < -0.4 is 4.74 Å². The Kier molecular flexibility index (Phi) is 4.90. The molecule has 1 aliphatic rings. The number of ether oxygens (including phenoxy) is 1. The van der Waals surface area contributed by atoms with Crippen LogP contribution in [0.1, 0.15) is 37.7 Å². The monoisotopic (exact) mass is 268 g/mol. The minimum atomic E-state index is -0.208. The van der Waals surface area contributed by atoms with Gasteiger partial charge in [-0.1, -0.05) is 24.4 Å². The Morgan fingerprint density at radius 2 is 2.11 bits per heavy atom. The second-order valence-electron chi connectivity index (χ2n) is 5.16.